The molecule has 0 radical (unpaired) electrons. The second kappa shape index (κ2) is 6.16. The summed E-state index contributed by atoms with van der Waals surface area (Å²) < 4.78 is 43.1. The van der Waals surface area contributed by atoms with Gasteiger partial charge in [-0.05, 0) is 49.2 Å². The van der Waals surface area contributed by atoms with Crippen molar-refractivity contribution in [1.29, 1.82) is 0 Å². The number of carbonyl (C=O) groups excluding carboxylic acids is 1. The molecule has 0 spiro atoms. The minimum absolute atomic E-state index is 0.120. The fourth-order valence-electron chi connectivity index (χ4n) is 2.74. The van der Waals surface area contributed by atoms with Crippen molar-refractivity contribution < 1.29 is 22.0 Å². The maximum absolute atomic E-state index is 12.9. The fourth-order valence-corrected chi connectivity index (χ4v) is 4.47. The van der Waals surface area contributed by atoms with E-state index in [1.165, 1.54) is 18.4 Å². The summed E-state index contributed by atoms with van der Waals surface area (Å²) in [6, 6.07) is 8.07. The number of nitrogens with zero attached hydrogens (tertiary/aromatic N) is 1. The number of sulfone groups is 1. The highest BCUT2D eigenvalue weighted by molar-refractivity contribution is 7.92. The Kier molecular flexibility index (Phi) is 4.21. The molecule has 2 aromatic rings. The highest BCUT2D eigenvalue weighted by Gasteiger charge is 2.33. The van der Waals surface area contributed by atoms with Crippen LogP contribution in [0.1, 0.15) is 23.4 Å². The van der Waals surface area contributed by atoms with E-state index in [4.69, 9.17) is 4.42 Å². The molecule has 2 heterocycles. The van der Waals surface area contributed by atoms with Gasteiger partial charge in [-0.15, -0.1) is 0 Å². The molecule has 3 rings (SSSR count). The number of piperidine rings is 1. The first-order valence-electron chi connectivity index (χ1n) is 7.31. The Morgan fingerprint density at radius 1 is 1.13 bits per heavy atom. The largest absolute Gasteiger partial charge is 0.459 e. The molecule has 0 N–H and O–H groups in total. The first-order valence-corrected chi connectivity index (χ1v) is 8.85. The number of furan rings is 1. The molecular weight excluding hydrogens is 321 g/mol. The van der Waals surface area contributed by atoms with Crippen molar-refractivity contribution in [3.05, 3.63) is 54.2 Å². The third-order valence-corrected chi connectivity index (χ3v) is 6.32. The SMILES string of the molecule is O=C(c1ccco1)N1CCC(S(=O)(=O)c2ccc(F)cc2)CC1. The van der Waals surface area contributed by atoms with Gasteiger partial charge in [-0.2, -0.15) is 0 Å². The van der Waals surface area contributed by atoms with Gasteiger partial charge in [0.15, 0.2) is 15.6 Å². The van der Waals surface area contributed by atoms with E-state index in [-0.39, 0.29) is 16.6 Å². The molecule has 0 unspecified atom stereocenters. The lowest BCUT2D eigenvalue weighted by atomic mass is 10.1. The summed E-state index contributed by atoms with van der Waals surface area (Å²) in [5, 5.41) is -0.561. The summed E-state index contributed by atoms with van der Waals surface area (Å²) in [5.74, 6) is -0.444. The van der Waals surface area contributed by atoms with Gasteiger partial charge in [0, 0.05) is 13.1 Å². The molecule has 0 bridgehead atoms. The van der Waals surface area contributed by atoms with Crippen molar-refractivity contribution in [2.24, 2.45) is 0 Å². The van der Waals surface area contributed by atoms with E-state index in [0.29, 0.717) is 25.9 Å². The van der Waals surface area contributed by atoms with Gasteiger partial charge in [0.2, 0.25) is 0 Å². The predicted octanol–water partition coefficient (Wildman–Crippen LogP) is 2.50. The first kappa shape index (κ1) is 15.7. The molecule has 23 heavy (non-hydrogen) atoms. The minimum atomic E-state index is -3.51. The molecule has 1 fully saturated rings. The summed E-state index contributed by atoms with van der Waals surface area (Å²) in [5.41, 5.74) is 0. The zero-order valence-corrected chi connectivity index (χ0v) is 13.1. The van der Waals surface area contributed by atoms with E-state index in [1.807, 2.05) is 0 Å². The smallest absolute Gasteiger partial charge is 0.289 e. The van der Waals surface area contributed by atoms with Gasteiger partial charge in [0.25, 0.3) is 5.91 Å². The molecule has 1 aromatic carbocycles. The summed E-state index contributed by atoms with van der Waals surface area (Å²) in [6.45, 7) is 0.704. The van der Waals surface area contributed by atoms with Gasteiger partial charge in [-0.3, -0.25) is 4.79 Å². The molecular formula is C16H16FNO4S. The Hall–Kier alpha value is -2.15. The van der Waals surface area contributed by atoms with Crippen LogP contribution in [0.15, 0.2) is 52.0 Å². The molecule has 5 nitrogen and oxygen atoms in total. The van der Waals surface area contributed by atoms with Crippen LogP contribution >= 0.6 is 0 Å². The topological polar surface area (TPSA) is 67.6 Å². The third-order valence-electron chi connectivity index (χ3n) is 4.04. The van der Waals surface area contributed by atoms with Crippen molar-refractivity contribution in [1.82, 2.24) is 4.90 Å². The maximum atomic E-state index is 12.9. The van der Waals surface area contributed by atoms with Crippen LogP contribution in [0.4, 0.5) is 4.39 Å². The normalized spacial score (nSPS) is 16.5. The first-order chi connectivity index (χ1) is 11.0. The number of halogens is 1. The fraction of sp³-hybridized carbons (Fsp3) is 0.312. The van der Waals surface area contributed by atoms with Crippen molar-refractivity contribution in [3.8, 4) is 0 Å². The Bertz CT molecular complexity index is 776. The minimum Gasteiger partial charge on any atom is -0.459 e. The lowest BCUT2D eigenvalue weighted by Gasteiger charge is -2.31. The van der Waals surface area contributed by atoms with E-state index >= 15 is 0 Å². The number of amides is 1. The van der Waals surface area contributed by atoms with Crippen molar-refractivity contribution >= 4 is 15.7 Å². The molecule has 1 saturated heterocycles. The van der Waals surface area contributed by atoms with E-state index in [0.717, 1.165) is 12.1 Å². The Morgan fingerprint density at radius 2 is 1.78 bits per heavy atom. The Morgan fingerprint density at radius 3 is 2.35 bits per heavy atom. The molecule has 7 heteroatoms. The van der Waals surface area contributed by atoms with Gasteiger partial charge >= 0.3 is 0 Å². The predicted molar refractivity (Wildman–Crippen MR) is 81.2 cm³/mol. The lowest BCUT2D eigenvalue weighted by Crippen LogP contribution is -2.42. The molecule has 0 atom stereocenters. The van der Waals surface area contributed by atoms with Crippen molar-refractivity contribution in [3.63, 3.8) is 0 Å². The zero-order valence-electron chi connectivity index (χ0n) is 12.3. The monoisotopic (exact) mass is 337 g/mol. The number of likely N-dealkylation sites (tertiary alicyclic amines) is 1. The van der Waals surface area contributed by atoms with Crippen LogP contribution in [0.3, 0.4) is 0 Å². The van der Waals surface area contributed by atoms with Crippen LogP contribution in [-0.4, -0.2) is 37.6 Å². The molecule has 1 aromatic heterocycles. The molecule has 0 aliphatic carbocycles. The Labute approximate surface area is 133 Å². The number of benzene rings is 1. The second-order valence-corrected chi connectivity index (χ2v) is 7.70. The van der Waals surface area contributed by atoms with E-state index in [1.54, 1.807) is 17.0 Å². The van der Waals surface area contributed by atoms with Gasteiger partial charge in [-0.1, -0.05) is 0 Å². The second-order valence-electron chi connectivity index (χ2n) is 5.47. The summed E-state index contributed by atoms with van der Waals surface area (Å²) in [6.07, 6.45) is 2.14. The van der Waals surface area contributed by atoms with Crippen LogP contribution in [0, 0.1) is 5.82 Å². The number of carbonyl (C=O) groups is 1. The number of hydrogen-bond donors (Lipinski definition) is 0. The maximum Gasteiger partial charge on any atom is 0.289 e. The highest BCUT2D eigenvalue weighted by Crippen LogP contribution is 2.25. The standard InChI is InChI=1S/C16H16FNO4S/c17-12-3-5-13(6-4-12)23(20,21)14-7-9-18(10-8-14)16(19)15-2-1-11-22-15/h1-6,11,14H,7-10H2. The van der Waals surface area contributed by atoms with Gasteiger partial charge in [0.1, 0.15) is 5.82 Å². The quantitative estimate of drug-likeness (QED) is 0.807. The molecule has 1 aliphatic heterocycles. The number of rotatable bonds is 3. The van der Waals surface area contributed by atoms with Gasteiger partial charge < -0.3 is 9.32 Å². The average Bonchev–Trinajstić information content (AvgIpc) is 3.09. The van der Waals surface area contributed by atoms with Crippen molar-refractivity contribution in [2.45, 2.75) is 23.0 Å². The van der Waals surface area contributed by atoms with Crippen LogP contribution in [0.25, 0.3) is 0 Å². The van der Waals surface area contributed by atoms with Gasteiger partial charge in [-0.25, -0.2) is 12.8 Å². The third kappa shape index (κ3) is 3.14. The van der Waals surface area contributed by atoms with Gasteiger partial charge in [0.05, 0.1) is 16.4 Å². The van der Waals surface area contributed by atoms with Crippen molar-refractivity contribution in [2.75, 3.05) is 13.1 Å². The number of hydrogen-bond acceptors (Lipinski definition) is 4. The molecule has 0 saturated carbocycles. The Balaban J connectivity index is 1.69. The van der Waals surface area contributed by atoms with Crippen LogP contribution in [-0.2, 0) is 9.84 Å². The summed E-state index contributed by atoms with van der Waals surface area (Å²) in [4.78, 5) is 13.9. The van der Waals surface area contributed by atoms with Crippen LogP contribution in [0.5, 0.6) is 0 Å². The molecule has 1 amide bonds. The molecule has 122 valence electrons. The summed E-state index contributed by atoms with van der Waals surface area (Å²) >= 11 is 0. The van der Waals surface area contributed by atoms with Crippen LogP contribution < -0.4 is 0 Å². The van der Waals surface area contributed by atoms with E-state index in [9.17, 15) is 17.6 Å². The van der Waals surface area contributed by atoms with Crippen LogP contribution in [0.2, 0.25) is 0 Å². The zero-order chi connectivity index (χ0) is 16.4. The average molecular weight is 337 g/mol. The summed E-state index contributed by atoms with van der Waals surface area (Å²) in [7, 11) is -3.51. The molecule has 1 aliphatic rings. The van der Waals surface area contributed by atoms with E-state index < -0.39 is 20.9 Å². The van der Waals surface area contributed by atoms with E-state index in [2.05, 4.69) is 0 Å². The lowest BCUT2D eigenvalue weighted by molar-refractivity contribution is 0.0693. The highest BCUT2D eigenvalue weighted by atomic mass is 32.2.